The van der Waals surface area contributed by atoms with Crippen LogP contribution in [0.25, 0.3) is 5.78 Å². The van der Waals surface area contributed by atoms with Crippen molar-refractivity contribution in [2.24, 2.45) is 5.41 Å². The molecule has 0 radical (unpaired) electrons. The minimum atomic E-state index is 0.247. The van der Waals surface area contributed by atoms with Gasteiger partial charge in [-0.2, -0.15) is 14.6 Å². The van der Waals surface area contributed by atoms with Gasteiger partial charge in [0.1, 0.15) is 12.1 Å². The van der Waals surface area contributed by atoms with E-state index in [2.05, 4.69) is 27.3 Å². The van der Waals surface area contributed by atoms with E-state index in [-0.39, 0.29) is 12.0 Å². The number of anilines is 1. The quantitative estimate of drug-likeness (QED) is 0.838. The smallest absolute Gasteiger partial charge is 0.254 e. The number of rotatable bonds is 6. The molecule has 0 unspecified atom stereocenters. The summed E-state index contributed by atoms with van der Waals surface area (Å²) in [4.78, 5) is 8.60. The summed E-state index contributed by atoms with van der Waals surface area (Å²) in [6.45, 7) is 3.21. The molecule has 0 atom stereocenters. The molecular formula is C14H21N5O. The number of aromatic nitrogens is 4. The summed E-state index contributed by atoms with van der Waals surface area (Å²) in [7, 11) is 0. The second kappa shape index (κ2) is 5.36. The number of hydrogen-bond donors (Lipinski definition) is 2. The molecule has 2 aromatic rings. The zero-order chi connectivity index (χ0) is 14.0. The van der Waals surface area contributed by atoms with Crippen molar-refractivity contribution in [3.8, 4) is 0 Å². The standard InChI is InChI=1S/C14H21N5O/c1-2-11-8-12(19-13(18-11)16-10-17-19)15-9-14(6-7-20)4-3-5-14/h8,10,15,20H,2-7,9H2,1H3. The van der Waals surface area contributed by atoms with Crippen LogP contribution in [-0.2, 0) is 6.42 Å². The minimum absolute atomic E-state index is 0.247. The lowest BCUT2D eigenvalue weighted by molar-refractivity contribution is 0.101. The molecule has 0 saturated heterocycles. The third kappa shape index (κ3) is 2.35. The highest BCUT2D eigenvalue weighted by Gasteiger charge is 2.36. The second-order valence-electron chi connectivity index (χ2n) is 5.64. The average molecular weight is 275 g/mol. The number of fused-ring (bicyclic) bond motifs is 1. The molecule has 1 fully saturated rings. The summed E-state index contributed by atoms with van der Waals surface area (Å²) >= 11 is 0. The Bertz CT molecular complexity index is 590. The lowest BCUT2D eigenvalue weighted by Gasteiger charge is -2.42. The van der Waals surface area contributed by atoms with E-state index >= 15 is 0 Å². The minimum Gasteiger partial charge on any atom is -0.396 e. The number of aliphatic hydroxyl groups is 1. The first-order valence-corrected chi connectivity index (χ1v) is 7.31. The summed E-state index contributed by atoms with van der Waals surface area (Å²) in [5.41, 5.74) is 1.26. The number of nitrogens with one attached hydrogen (secondary N) is 1. The van der Waals surface area contributed by atoms with E-state index < -0.39 is 0 Å². The summed E-state index contributed by atoms with van der Waals surface area (Å²) < 4.78 is 1.74. The zero-order valence-electron chi connectivity index (χ0n) is 11.8. The van der Waals surface area contributed by atoms with Gasteiger partial charge >= 0.3 is 0 Å². The second-order valence-corrected chi connectivity index (χ2v) is 5.64. The van der Waals surface area contributed by atoms with Crippen LogP contribution in [0.1, 0.15) is 38.3 Å². The van der Waals surface area contributed by atoms with E-state index in [0.29, 0.717) is 5.78 Å². The first-order chi connectivity index (χ1) is 9.76. The Morgan fingerprint density at radius 1 is 1.45 bits per heavy atom. The summed E-state index contributed by atoms with van der Waals surface area (Å²) in [6, 6.07) is 2.03. The Labute approximate surface area is 118 Å². The van der Waals surface area contributed by atoms with Gasteiger partial charge in [0.15, 0.2) is 0 Å². The van der Waals surface area contributed by atoms with Crippen LogP contribution in [0.3, 0.4) is 0 Å². The number of hydrogen-bond acceptors (Lipinski definition) is 5. The molecule has 0 bridgehead atoms. The van der Waals surface area contributed by atoms with Crippen molar-refractivity contribution in [3.63, 3.8) is 0 Å². The summed E-state index contributed by atoms with van der Waals surface area (Å²) in [6.07, 6.45) is 6.91. The molecule has 0 aliphatic heterocycles. The predicted molar refractivity (Wildman–Crippen MR) is 76.6 cm³/mol. The maximum Gasteiger partial charge on any atom is 0.254 e. The van der Waals surface area contributed by atoms with Gasteiger partial charge in [0.05, 0.1) is 0 Å². The van der Waals surface area contributed by atoms with Crippen molar-refractivity contribution >= 4 is 11.6 Å². The van der Waals surface area contributed by atoms with Crippen molar-refractivity contribution in [3.05, 3.63) is 18.1 Å². The maximum absolute atomic E-state index is 9.22. The van der Waals surface area contributed by atoms with Crippen LogP contribution >= 0.6 is 0 Å². The molecule has 2 heterocycles. The molecule has 1 saturated carbocycles. The van der Waals surface area contributed by atoms with Gasteiger partial charge in [-0.3, -0.25) is 0 Å². The van der Waals surface area contributed by atoms with Crippen molar-refractivity contribution in [2.45, 2.75) is 39.0 Å². The Hall–Kier alpha value is -1.69. The van der Waals surface area contributed by atoms with Gasteiger partial charge in [0.2, 0.25) is 0 Å². The normalized spacial score (nSPS) is 17.1. The third-order valence-electron chi connectivity index (χ3n) is 4.37. The maximum atomic E-state index is 9.22. The first kappa shape index (κ1) is 13.3. The highest BCUT2D eigenvalue weighted by atomic mass is 16.3. The van der Waals surface area contributed by atoms with Gasteiger partial charge < -0.3 is 10.4 Å². The van der Waals surface area contributed by atoms with Crippen molar-refractivity contribution in [2.75, 3.05) is 18.5 Å². The van der Waals surface area contributed by atoms with Crippen LogP contribution in [0.4, 0.5) is 5.82 Å². The van der Waals surface area contributed by atoms with E-state index in [4.69, 9.17) is 0 Å². The fraction of sp³-hybridized carbons (Fsp3) is 0.643. The molecule has 6 nitrogen and oxygen atoms in total. The van der Waals surface area contributed by atoms with Gasteiger partial charge in [-0.1, -0.05) is 13.3 Å². The molecule has 1 aliphatic carbocycles. The molecule has 0 amide bonds. The largest absolute Gasteiger partial charge is 0.396 e. The first-order valence-electron chi connectivity index (χ1n) is 7.31. The predicted octanol–water partition coefficient (Wildman–Crippen LogP) is 1.65. The van der Waals surface area contributed by atoms with E-state index in [9.17, 15) is 5.11 Å². The lowest BCUT2D eigenvalue weighted by atomic mass is 9.67. The molecule has 20 heavy (non-hydrogen) atoms. The molecule has 1 aliphatic rings. The lowest BCUT2D eigenvalue weighted by Crippen LogP contribution is -2.37. The van der Waals surface area contributed by atoms with Gasteiger partial charge in [-0.15, -0.1) is 0 Å². The highest BCUT2D eigenvalue weighted by molar-refractivity contribution is 5.45. The van der Waals surface area contributed by atoms with Crippen LogP contribution in [0.15, 0.2) is 12.4 Å². The van der Waals surface area contributed by atoms with Crippen LogP contribution in [0.5, 0.6) is 0 Å². The molecule has 2 N–H and O–H groups in total. The Kier molecular flexibility index (Phi) is 3.56. The molecule has 6 heteroatoms. The molecule has 0 spiro atoms. The van der Waals surface area contributed by atoms with Crippen molar-refractivity contribution < 1.29 is 5.11 Å². The molecule has 2 aromatic heterocycles. The number of nitrogens with zero attached hydrogens (tertiary/aromatic N) is 4. The van der Waals surface area contributed by atoms with Gasteiger partial charge in [-0.25, -0.2) is 4.98 Å². The van der Waals surface area contributed by atoms with Crippen LogP contribution in [0.2, 0.25) is 0 Å². The van der Waals surface area contributed by atoms with Gasteiger partial charge in [0, 0.05) is 24.9 Å². The van der Waals surface area contributed by atoms with E-state index in [1.807, 2.05) is 6.07 Å². The summed E-state index contributed by atoms with van der Waals surface area (Å²) in [5.74, 6) is 1.57. The number of aryl methyl sites for hydroxylation is 1. The van der Waals surface area contributed by atoms with Gasteiger partial charge in [0.25, 0.3) is 5.78 Å². The average Bonchev–Trinajstić information content (AvgIpc) is 2.89. The van der Waals surface area contributed by atoms with Crippen LogP contribution in [0, 0.1) is 5.41 Å². The SMILES string of the molecule is CCc1cc(NCC2(CCO)CCC2)n2ncnc2n1. The third-order valence-corrected chi connectivity index (χ3v) is 4.37. The molecule has 3 rings (SSSR count). The zero-order valence-corrected chi connectivity index (χ0v) is 11.8. The Morgan fingerprint density at radius 3 is 2.95 bits per heavy atom. The molecule has 0 aromatic carbocycles. The van der Waals surface area contributed by atoms with Crippen molar-refractivity contribution in [1.29, 1.82) is 0 Å². The van der Waals surface area contributed by atoms with E-state index in [1.54, 1.807) is 4.52 Å². The Balaban J connectivity index is 1.81. The monoisotopic (exact) mass is 275 g/mol. The Morgan fingerprint density at radius 2 is 2.30 bits per heavy atom. The fourth-order valence-corrected chi connectivity index (χ4v) is 2.88. The fourth-order valence-electron chi connectivity index (χ4n) is 2.88. The molecular weight excluding hydrogens is 254 g/mol. The van der Waals surface area contributed by atoms with Crippen molar-refractivity contribution in [1.82, 2.24) is 19.6 Å². The summed E-state index contributed by atoms with van der Waals surface area (Å²) in [5, 5.41) is 16.9. The molecule has 108 valence electrons. The number of aliphatic hydroxyl groups excluding tert-OH is 1. The van der Waals surface area contributed by atoms with Gasteiger partial charge in [-0.05, 0) is 31.1 Å². The highest BCUT2D eigenvalue weighted by Crippen LogP contribution is 2.43. The van der Waals surface area contributed by atoms with Crippen LogP contribution in [-0.4, -0.2) is 37.8 Å². The van der Waals surface area contributed by atoms with E-state index in [1.165, 1.54) is 25.6 Å². The van der Waals surface area contributed by atoms with E-state index in [0.717, 1.165) is 30.9 Å². The van der Waals surface area contributed by atoms with Crippen LogP contribution < -0.4 is 5.32 Å². The topological polar surface area (TPSA) is 75.3 Å².